The van der Waals surface area contributed by atoms with Crippen molar-refractivity contribution in [2.45, 2.75) is 13.3 Å². The van der Waals surface area contributed by atoms with Crippen molar-refractivity contribution in [2.75, 3.05) is 13.2 Å². The Hall–Kier alpha value is -1.32. The van der Waals surface area contributed by atoms with Crippen molar-refractivity contribution in [3.05, 3.63) is 12.2 Å². The summed E-state index contributed by atoms with van der Waals surface area (Å²) >= 11 is 0. The zero-order chi connectivity index (χ0) is 9.40. The van der Waals surface area contributed by atoms with Crippen molar-refractivity contribution < 1.29 is 14.6 Å². The first-order valence-corrected chi connectivity index (χ1v) is 3.69. The molecule has 0 aromatic carbocycles. The molecule has 0 amide bonds. The van der Waals surface area contributed by atoms with Gasteiger partial charge in [-0.2, -0.15) is 0 Å². The molecule has 0 atom stereocenters. The molecule has 0 saturated carbocycles. The van der Waals surface area contributed by atoms with Gasteiger partial charge in [-0.1, -0.05) is 13.5 Å². The fraction of sp³-hybridized carbons (Fsp3) is 0.500. The number of carboxylic acid groups (broad SMARTS) is 1. The average Bonchev–Trinajstić information content (AvgIpc) is 2.59. The van der Waals surface area contributed by atoms with Crippen LogP contribution >= 0.6 is 0 Å². The van der Waals surface area contributed by atoms with Crippen LogP contribution in [-0.4, -0.2) is 30.6 Å². The number of rotatable bonds is 2. The monoisotopic (exact) mass is 171 g/mol. The summed E-state index contributed by atoms with van der Waals surface area (Å²) in [5.41, 5.74) is 0.264. The van der Waals surface area contributed by atoms with Gasteiger partial charge in [0, 0.05) is 5.57 Å². The predicted molar refractivity (Wildman–Crippen MR) is 46.4 cm³/mol. The van der Waals surface area contributed by atoms with Crippen LogP contribution in [0.4, 0.5) is 0 Å². The summed E-state index contributed by atoms with van der Waals surface area (Å²) in [6, 6.07) is 0. The van der Waals surface area contributed by atoms with Gasteiger partial charge in [0.1, 0.15) is 6.61 Å². The van der Waals surface area contributed by atoms with Crippen molar-refractivity contribution in [1.82, 2.24) is 0 Å². The minimum atomic E-state index is -0.900. The molecule has 4 nitrogen and oxygen atoms in total. The first kappa shape index (κ1) is 10.7. The maximum absolute atomic E-state index is 9.83. The van der Waals surface area contributed by atoms with E-state index in [0.29, 0.717) is 6.42 Å². The lowest BCUT2D eigenvalue weighted by molar-refractivity contribution is -0.132. The van der Waals surface area contributed by atoms with Crippen LogP contribution in [0.2, 0.25) is 0 Å². The van der Waals surface area contributed by atoms with Gasteiger partial charge in [0.15, 0.2) is 6.40 Å². The molecule has 68 valence electrons. The molecule has 0 aliphatic carbocycles. The van der Waals surface area contributed by atoms with Gasteiger partial charge in [-0.25, -0.2) is 4.79 Å². The Kier molecular flexibility index (Phi) is 5.69. The molecular weight excluding hydrogens is 158 g/mol. The lowest BCUT2D eigenvalue weighted by Crippen LogP contribution is -1.95. The third-order valence-corrected chi connectivity index (χ3v) is 1.22. The topological polar surface area (TPSA) is 58.9 Å². The van der Waals surface area contributed by atoms with E-state index in [0.717, 1.165) is 13.2 Å². The maximum Gasteiger partial charge on any atom is 0.330 e. The van der Waals surface area contributed by atoms with Crippen molar-refractivity contribution in [1.29, 1.82) is 0 Å². The van der Waals surface area contributed by atoms with Gasteiger partial charge in [-0.05, 0) is 6.42 Å². The van der Waals surface area contributed by atoms with Crippen molar-refractivity contribution in [3.8, 4) is 0 Å². The fourth-order valence-corrected chi connectivity index (χ4v) is 0.415. The molecule has 1 aliphatic heterocycles. The van der Waals surface area contributed by atoms with E-state index in [-0.39, 0.29) is 5.57 Å². The first-order chi connectivity index (χ1) is 5.68. The fourth-order valence-electron chi connectivity index (χ4n) is 0.415. The normalized spacial score (nSPS) is 12.8. The molecule has 12 heavy (non-hydrogen) atoms. The third-order valence-electron chi connectivity index (χ3n) is 1.22. The van der Waals surface area contributed by atoms with Crippen molar-refractivity contribution >= 4 is 12.4 Å². The molecule has 1 rings (SSSR count). The van der Waals surface area contributed by atoms with E-state index < -0.39 is 5.97 Å². The molecule has 0 aromatic rings. The summed E-state index contributed by atoms with van der Waals surface area (Å²) < 4.78 is 4.65. The van der Waals surface area contributed by atoms with E-state index in [1.54, 1.807) is 6.92 Å². The molecule has 1 aliphatic rings. The van der Waals surface area contributed by atoms with Gasteiger partial charge >= 0.3 is 5.97 Å². The summed E-state index contributed by atoms with van der Waals surface area (Å²) in [5.74, 6) is -0.900. The van der Waals surface area contributed by atoms with Gasteiger partial charge in [0.05, 0.1) is 6.54 Å². The number of nitrogens with zero attached hydrogens (tertiary/aromatic N) is 1. The SMILES string of the molecule is C1=NCCO1.C=C(CC)C(=O)O. The van der Waals surface area contributed by atoms with Crippen LogP contribution in [0.15, 0.2) is 17.1 Å². The molecule has 1 heterocycles. The number of aliphatic carboxylic acids is 1. The Morgan fingerprint density at radius 1 is 1.83 bits per heavy atom. The molecule has 0 bridgehead atoms. The summed E-state index contributed by atoms with van der Waals surface area (Å²) in [5, 5.41) is 8.08. The second kappa shape index (κ2) is 6.39. The smallest absolute Gasteiger partial charge is 0.330 e. The molecule has 0 fully saturated rings. The highest BCUT2D eigenvalue weighted by Gasteiger charge is 1.96. The molecule has 0 saturated heterocycles. The quantitative estimate of drug-likeness (QED) is 0.632. The van der Waals surface area contributed by atoms with E-state index >= 15 is 0 Å². The number of hydrogen-bond donors (Lipinski definition) is 1. The lowest BCUT2D eigenvalue weighted by atomic mass is 10.2. The molecule has 0 unspecified atom stereocenters. The van der Waals surface area contributed by atoms with Gasteiger partial charge in [-0.3, -0.25) is 4.99 Å². The van der Waals surface area contributed by atoms with Crippen LogP contribution < -0.4 is 0 Å². The van der Waals surface area contributed by atoms with Crippen LogP contribution in [0.25, 0.3) is 0 Å². The first-order valence-electron chi connectivity index (χ1n) is 3.69. The summed E-state index contributed by atoms with van der Waals surface area (Å²) in [6.07, 6.45) is 2.01. The third kappa shape index (κ3) is 5.46. The predicted octanol–water partition coefficient (Wildman–Crippen LogP) is 1.08. The Labute approximate surface area is 71.6 Å². The lowest BCUT2D eigenvalue weighted by Gasteiger charge is -1.87. The Morgan fingerprint density at radius 2 is 2.50 bits per heavy atom. The second-order valence-corrected chi connectivity index (χ2v) is 2.14. The molecule has 0 radical (unpaired) electrons. The maximum atomic E-state index is 9.83. The zero-order valence-corrected chi connectivity index (χ0v) is 7.12. The van der Waals surface area contributed by atoms with E-state index in [1.165, 1.54) is 6.40 Å². The van der Waals surface area contributed by atoms with E-state index in [9.17, 15) is 4.79 Å². The Bertz CT molecular complexity index is 181. The van der Waals surface area contributed by atoms with E-state index in [4.69, 9.17) is 5.11 Å². The van der Waals surface area contributed by atoms with E-state index in [2.05, 4.69) is 16.3 Å². The highest BCUT2D eigenvalue weighted by Crippen LogP contribution is 1.93. The minimum Gasteiger partial charge on any atom is -0.482 e. The van der Waals surface area contributed by atoms with Crippen LogP contribution in [-0.2, 0) is 9.53 Å². The molecular formula is C8H13NO3. The Morgan fingerprint density at radius 3 is 2.58 bits per heavy atom. The Balaban J connectivity index is 0.000000211. The molecule has 0 spiro atoms. The van der Waals surface area contributed by atoms with Gasteiger partial charge in [0.25, 0.3) is 0 Å². The molecule has 1 N–H and O–H groups in total. The molecule has 4 heteroatoms. The van der Waals surface area contributed by atoms with Crippen LogP contribution in [0.5, 0.6) is 0 Å². The number of aliphatic imine (C=N–C) groups is 1. The van der Waals surface area contributed by atoms with Crippen molar-refractivity contribution in [3.63, 3.8) is 0 Å². The summed E-state index contributed by atoms with van der Waals surface area (Å²) in [6.45, 7) is 6.66. The standard InChI is InChI=1S/C5H8O2.C3H5NO/c1-3-4(2)5(6)7;1-2-5-3-4-1/h2-3H2,1H3,(H,6,7);3H,1-2H2. The number of carbonyl (C=O) groups is 1. The van der Waals surface area contributed by atoms with Gasteiger partial charge in [0.2, 0.25) is 0 Å². The zero-order valence-electron chi connectivity index (χ0n) is 7.12. The van der Waals surface area contributed by atoms with Crippen molar-refractivity contribution in [2.24, 2.45) is 4.99 Å². The highest BCUT2D eigenvalue weighted by molar-refractivity contribution is 5.85. The van der Waals surface area contributed by atoms with E-state index in [1.807, 2.05) is 0 Å². The number of hydrogen-bond acceptors (Lipinski definition) is 3. The number of carboxylic acids is 1. The van der Waals surface area contributed by atoms with Gasteiger partial charge in [-0.15, -0.1) is 0 Å². The second-order valence-electron chi connectivity index (χ2n) is 2.14. The number of ether oxygens (including phenoxy) is 1. The summed E-state index contributed by atoms with van der Waals surface area (Å²) in [7, 11) is 0. The largest absolute Gasteiger partial charge is 0.482 e. The minimum absolute atomic E-state index is 0.264. The van der Waals surface area contributed by atoms with Crippen LogP contribution in [0.1, 0.15) is 13.3 Å². The summed E-state index contributed by atoms with van der Waals surface area (Å²) in [4.78, 5) is 13.6. The average molecular weight is 171 g/mol. The van der Waals surface area contributed by atoms with Crippen LogP contribution in [0, 0.1) is 0 Å². The van der Waals surface area contributed by atoms with Gasteiger partial charge < -0.3 is 9.84 Å². The molecule has 0 aromatic heterocycles. The van der Waals surface area contributed by atoms with Crippen LogP contribution in [0.3, 0.4) is 0 Å². The highest BCUT2D eigenvalue weighted by atomic mass is 16.5.